The van der Waals surface area contributed by atoms with Gasteiger partial charge in [-0.1, -0.05) is 37.3 Å². The largest absolute Gasteiger partial charge is 1.00 e. The van der Waals surface area contributed by atoms with E-state index in [-0.39, 0.29) is 46.0 Å². The molecule has 0 aliphatic carbocycles. The molecule has 0 aliphatic heterocycles. The van der Waals surface area contributed by atoms with Crippen LogP contribution < -0.4 is 12.4 Å². The van der Waals surface area contributed by atoms with Gasteiger partial charge in [0.15, 0.2) is 0 Å². The number of esters is 1. The first kappa shape index (κ1) is 18.0. The molecule has 0 heterocycles. The van der Waals surface area contributed by atoms with Crippen LogP contribution in [0.25, 0.3) is 0 Å². The van der Waals surface area contributed by atoms with Crippen molar-refractivity contribution in [3.8, 4) is 0 Å². The fourth-order valence-corrected chi connectivity index (χ4v) is 0.993. The zero-order chi connectivity index (χ0) is 10.4. The number of rotatable bonds is 3. The maximum atomic E-state index is 10.9. The van der Waals surface area contributed by atoms with Gasteiger partial charge >= 0.3 is 33.6 Å². The number of ether oxygens (including phenoxy) is 1. The van der Waals surface area contributed by atoms with Crippen molar-refractivity contribution >= 4 is 5.97 Å². The minimum Gasteiger partial charge on any atom is -1.00 e. The van der Waals surface area contributed by atoms with E-state index in [0.29, 0.717) is 12.2 Å². The van der Waals surface area contributed by atoms with Crippen LogP contribution in [0.2, 0.25) is 0 Å². The third-order valence-corrected chi connectivity index (χ3v) is 1.65. The van der Waals surface area contributed by atoms with E-state index in [1.807, 2.05) is 30.3 Å². The van der Waals surface area contributed by atoms with Gasteiger partial charge in [-0.25, -0.2) is 0 Å². The molecule has 0 spiro atoms. The average molecular weight is 425 g/mol. The summed E-state index contributed by atoms with van der Waals surface area (Å²) < 4.78 is 4.97. The average Bonchev–Trinajstić information content (AvgIpc) is 2.19. The standard InChI is InChI=1S/C12H13O2.ClH.Hg/c1-3-12(13)14-10(2)9-11-7-5-4-6-8-11;;/h4-8H,3H2,1-2H3;1H;/q;;+1/p-1. The molecule has 16 heavy (non-hydrogen) atoms. The fourth-order valence-electron chi connectivity index (χ4n) is 0.993. The summed E-state index contributed by atoms with van der Waals surface area (Å²) in [6.07, 6.45) is 3.36. The molecule has 0 N–H and O–H groups in total. The van der Waals surface area contributed by atoms with Gasteiger partial charge in [-0.05, 0) is 12.5 Å². The predicted molar refractivity (Wildman–Crippen MR) is 54.4 cm³/mol. The molecule has 0 aliphatic rings. The van der Waals surface area contributed by atoms with Crippen molar-refractivity contribution in [2.45, 2.75) is 20.3 Å². The Hall–Kier alpha value is -0.345. The molecule has 0 saturated carbocycles. The third kappa shape index (κ3) is 7.02. The topological polar surface area (TPSA) is 26.3 Å². The van der Waals surface area contributed by atoms with Gasteiger partial charge in [0, 0.05) is 12.5 Å². The summed E-state index contributed by atoms with van der Waals surface area (Å²) in [5, 5.41) is 0. The van der Waals surface area contributed by atoms with Crippen LogP contribution in [0.15, 0.2) is 36.1 Å². The van der Waals surface area contributed by atoms with Crippen LogP contribution in [0.3, 0.4) is 0 Å². The van der Waals surface area contributed by atoms with Gasteiger partial charge < -0.3 is 17.1 Å². The number of carbonyl (C=O) groups excluding carboxylic acids is 1. The fraction of sp³-hybridized carbons (Fsp3) is 0.250. The normalized spacial score (nSPS) is 9.75. The molecule has 4 heteroatoms. The van der Waals surface area contributed by atoms with Gasteiger partial charge in [0.25, 0.3) is 0 Å². The van der Waals surface area contributed by atoms with E-state index in [0.717, 1.165) is 5.56 Å². The predicted octanol–water partition coefficient (Wildman–Crippen LogP) is -0.304. The van der Waals surface area contributed by atoms with Gasteiger partial charge in [-0.15, -0.1) is 0 Å². The Labute approximate surface area is 123 Å². The zero-order valence-electron chi connectivity index (χ0n) is 9.50. The van der Waals surface area contributed by atoms with E-state index in [9.17, 15) is 4.79 Å². The van der Waals surface area contributed by atoms with Crippen LogP contribution in [0.4, 0.5) is 0 Å². The number of carbonyl (C=O) groups is 1. The maximum absolute atomic E-state index is 10.9. The van der Waals surface area contributed by atoms with Crippen LogP contribution in [-0.2, 0) is 37.2 Å². The number of benzene rings is 1. The minimum atomic E-state index is -0.231. The van der Waals surface area contributed by atoms with Crippen molar-refractivity contribution in [2.24, 2.45) is 0 Å². The molecule has 1 aromatic carbocycles. The summed E-state index contributed by atoms with van der Waals surface area (Å²) in [5.74, 6) is 0.272. The molecule has 0 fully saturated rings. The Morgan fingerprint density at radius 2 is 1.88 bits per heavy atom. The molecule has 0 amide bonds. The zero-order valence-corrected chi connectivity index (χ0v) is 15.7. The van der Waals surface area contributed by atoms with Crippen molar-refractivity contribution in [1.29, 1.82) is 0 Å². The van der Waals surface area contributed by atoms with Crippen LogP contribution >= 0.6 is 0 Å². The second-order valence-electron chi connectivity index (χ2n) is 2.87. The third-order valence-electron chi connectivity index (χ3n) is 1.65. The van der Waals surface area contributed by atoms with Gasteiger partial charge in [-0.3, -0.25) is 4.79 Å². The second-order valence-corrected chi connectivity index (χ2v) is 2.87. The Balaban J connectivity index is 0. The van der Waals surface area contributed by atoms with Gasteiger partial charge in [-0.2, -0.15) is 0 Å². The van der Waals surface area contributed by atoms with Crippen LogP contribution in [-0.4, -0.2) is 5.97 Å². The van der Waals surface area contributed by atoms with E-state index in [1.54, 1.807) is 13.8 Å². The summed E-state index contributed by atoms with van der Waals surface area (Å²) in [6, 6.07) is 9.57. The molecule has 82 valence electrons. The van der Waals surface area contributed by atoms with E-state index in [2.05, 4.69) is 6.08 Å². The van der Waals surface area contributed by atoms with Crippen molar-refractivity contribution in [1.82, 2.24) is 0 Å². The summed E-state index contributed by atoms with van der Waals surface area (Å²) in [4.78, 5) is 10.9. The first-order valence-electron chi connectivity index (χ1n) is 4.58. The first-order chi connectivity index (χ1) is 6.72. The summed E-state index contributed by atoms with van der Waals surface area (Å²) in [7, 11) is 0. The molecule has 0 atom stereocenters. The Morgan fingerprint density at radius 3 is 2.38 bits per heavy atom. The van der Waals surface area contributed by atoms with Crippen LogP contribution in [0, 0.1) is 6.08 Å². The smallest absolute Gasteiger partial charge is 1.00 e. The molecule has 1 rings (SSSR count). The maximum Gasteiger partial charge on any atom is 1.00 e. The van der Waals surface area contributed by atoms with Crippen molar-refractivity contribution in [3.63, 3.8) is 0 Å². The summed E-state index contributed by atoms with van der Waals surface area (Å²) >= 11 is 0. The van der Waals surface area contributed by atoms with Crippen molar-refractivity contribution < 1.29 is 49.6 Å². The quantitative estimate of drug-likeness (QED) is 0.378. The van der Waals surface area contributed by atoms with Gasteiger partial charge in [0.1, 0.15) is 5.76 Å². The summed E-state index contributed by atoms with van der Waals surface area (Å²) in [6.45, 7) is 3.48. The number of allylic oxidation sites excluding steroid dienone is 1. The van der Waals surface area contributed by atoms with Crippen molar-refractivity contribution in [2.75, 3.05) is 0 Å². The molecule has 2 radical (unpaired) electrons. The monoisotopic (exact) mass is 426 g/mol. The van der Waals surface area contributed by atoms with E-state index in [4.69, 9.17) is 4.74 Å². The van der Waals surface area contributed by atoms with Gasteiger partial charge in [0.2, 0.25) is 0 Å². The van der Waals surface area contributed by atoms with Gasteiger partial charge in [0.05, 0.1) is 0 Å². The van der Waals surface area contributed by atoms with Crippen LogP contribution in [0.5, 0.6) is 0 Å². The van der Waals surface area contributed by atoms with E-state index < -0.39 is 0 Å². The molecule has 0 bridgehead atoms. The molecular weight excluding hydrogens is 412 g/mol. The Bertz CT molecular complexity index is 336. The Morgan fingerprint density at radius 1 is 1.31 bits per heavy atom. The molecular formula is C12H13ClHgO2. The number of halogens is 1. The first-order valence-corrected chi connectivity index (χ1v) is 4.58. The molecule has 0 aromatic heterocycles. The SMILES string of the molecule is CCC(=O)OC(C)=[C]c1ccccc1.[Cl-].[Hg+]. The minimum absolute atomic E-state index is 0. The molecule has 2 nitrogen and oxygen atoms in total. The second kappa shape index (κ2) is 9.85. The van der Waals surface area contributed by atoms with Crippen LogP contribution in [0.1, 0.15) is 25.8 Å². The van der Waals surface area contributed by atoms with E-state index in [1.165, 1.54) is 0 Å². The van der Waals surface area contributed by atoms with Crippen molar-refractivity contribution in [3.05, 3.63) is 47.7 Å². The number of hydrogen-bond acceptors (Lipinski definition) is 2. The van der Waals surface area contributed by atoms with E-state index >= 15 is 0 Å². The Kier molecular flexibility index (Phi) is 11.1. The molecule has 0 saturated heterocycles. The molecule has 1 aromatic rings. The molecule has 0 unspecified atom stereocenters. The summed E-state index contributed by atoms with van der Waals surface area (Å²) in [5.41, 5.74) is 0.911. The number of hydrogen-bond donors (Lipinski definition) is 0.